The second-order valence-corrected chi connectivity index (χ2v) is 4.50. The Morgan fingerprint density at radius 1 is 0.739 bits per heavy atom. The van der Waals surface area contributed by atoms with Crippen LogP contribution in [0.3, 0.4) is 0 Å². The van der Waals surface area contributed by atoms with Crippen molar-refractivity contribution in [3.8, 4) is 0 Å². The third-order valence-electron chi connectivity index (χ3n) is 2.41. The van der Waals surface area contributed by atoms with E-state index in [9.17, 15) is 19.2 Å². The summed E-state index contributed by atoms with van der Waals surface area (Å²) in [4.78, 5) is 41.2. The Labute approximate surface area is 134 Å². The van der Waals surface area contributed by atoms with Crippen molar-refractivity contribution in [2.45, 2.75) is 32.1 Å². The van der Waals surface area contributed by atoms with Gasteiger partial charge in [-0.3, -0.25) is 19.2 Å². The standard InChI is InChI=1S/C7H15NO2.C6H11N3O4/c8-6-4-2-1-3-5-7(9)10;7-1-4(10)8-2-5(11)9-3-6(12)13/h1-6,8H2,(H,9,10);1-3,7H2,(H,8,10)(H,9,11)(H,12,13). The van der Waals surface area contributed by atoms with Crippen LogP contribution in [-0.2, 0) is 19.2 Å². The van der Waals surface area contributed by atoms with Crippen LogP contribution in [0.25, 0.3) is 0 Å². The van der Waals surface area contributed by atoms with E-state index in [0.29, 0.717) is 13.0 Å². The zero-order valence-electron chi connectivity index (χ0n) is 13.0. The van der Waals surface area contributed by atoms with Crippen molar-refractivity contribution in [2.24, 2.45) is 11.5 Å². The predicted molar refractivity (Wildman–Crippen MR) is 82.5 cm³/mol. The molecule has 0 aliphatic rings. The van der Waals surface area contributed by atoms with Gasteiger partial charge in [0.05, 0.1) is 13.1 Å². The van der Waals surface area contributed by atoms with Crippen LogP contribution in [0.2, 0.25) is 0 Å². The van der Waals surface area contributed by atoms with Gasteiger partial charge in [-0.15, -0.1) is 0 Å². The number of unbranched alkanes of at least 4 members (excludes halogenated alkanes) is 3. The van der Waals surface area contributed by atoms with Crippen LogP contribution in [-0.4, -0.2) is 60.1 Å². The maximum Gasteiger partial charge on any atom is 0.322 e. The third-order valence-corrected chi connectivity index (χ3v) is 2.41. The SMILES string of the molecule is NCC(=O)NCC(=O)NCC(=O)O.NCCCCCCC(=O)O. The van der Waals surface area contributed by atoms with Crippen LogP contribution in [0.4, 0.5) is 0 Å². The monoisotopic (exact) mass is 334 g/mol. The van der Waals surface area contributed by atoms with Gasteiger partial charge in [-0.25, -0.2) is 0 Å². The van der Waals surface area contributed by atoms with E-state index in [0.717, 1.165) is 25.7 Å². The minimum atomic E-state index is -1.14. The first-order chi connectivity index (χ1) is 10.8. The summed E-state index contributed by atoms with van der Waals surface area (Å²) in [7, 11) is 0. The van der Waals surface area contributed by atoms with Gasteiger partial charge in [-0.1, -0.05) is 12.8 Å². The average molecular weight is 334 g/mol. The molecule has 0 aromatic heterocycles. The van der Waals surface area contributed by atoms with E-state index in [1.807, 2.05) is 0 Å². The number of carbonyl (C=O) groups excluding carboxylic acids is 2. The molecule has 10 heteroatoms. The molecule has 0 saturated heterocycles. The second kappa shape index (κ2) is 16.2. The summed E-state index contributed by atoms with van der Waals surface area (Å²) in [6.07, 6.45) is 4.15. The molecule has 0 radical (unpaired) electrons. The number of carboxylic acid groups (broad SMARTS) is 2. The van der Waals surface area contributed by atoms with Gasteiger partial charge < -0.3 is 32.3 Å². The van der Waals surface area contributed by atoms with Crippen molar-refractivity contribution in [3.63, 3.8) is 0 Å². The molecule has 0 atom stereocenters. The highest BCUT2D eigenvalue weighted by Gasteiger charge is 2.04. The minimum Gasteiger partial charge on any atom is -0.481 e. The molecule has 2 amide bonds. The first-order valence-corrected chi connectivity index (χ1v) is 7.20. The van der Waals surface area contributed by atoms with Crippen LogP contribution in [0, 0.1) is 0 Å². The van der Waals surface area contributed by atoms with Crippen molar-refractivity contribution < 1.29 is 29.4 Å². The first kappa shape index (κ1) is 23.1. The van der Waals surface area contributed by atoms with Crippen molar-refractivity contribution in [1.29, 1.82) is 0 Å². The largest absolute Gasteiger partial charge is 0.481 e. The van der Waals surface area contributed by atoms with Gasteiger partial charge in [-0.05, 0) is 19.4 Å². The summed E-state index contributed by atoms with van der Waals surface area (Å²) in [5, 5.41) is 20.7. The van der Waals surface area contributed by atoms with E-state index in [-0.39, 0.29) is 13.1 Å². The van der Waals surface area contributed by atoms with Gasteiger partial charge in [0.25, 0.3) is 0 Å². The van der Waals surface area contributed by atoms with Gasteiger partial charge in [0.15, 0.2) is 0 Å². The van der Waals surface area contributed by atoms with E-state index in [1.54, 1.807) is 0 Å². The normalized spacial score (nSPS) is 9.30. The number of hydrogen-bond acceptors (Lipinski definition) is 6. The number of carboxylic acids is 2. The van der Waals surface area contributed by atoms with Crippen LogP contribution in [0.5, 0.6) is 0 Å². The summed E-state index contributed by atoms with van der Waals surface area (Å²) in [5.74, 6) is -2.87. The van der Waals surface area contributed by atoms with E-state index >= 15 is 0 Å². The van der Waals surface area contributed by atoms with Crippen molar-refractivity contribution in [2.75, 3.05) is 26.2 Å². The van der Waals surface area contributed by atoms with Crippen molar-refractivity contribution >= 4 is 23.8 Å². The second-order valence-electron chi connectivity index (χ2n) is 4.50. The molecule has 0 aromatic rings. The summed E-state index contributed by atoms with van der Waals surface area (Å²) >= 11 is 0. The molecule has 23 heavy (non-hydrogen) atoms. The van der Waals surface area contributed by atoms with Crippen LogP contribution >= 0.6 is 0 Å². The molecule has 10 nitrogen and oxygen atoms in total. The molecular formula is C13H26N4O6. The fourth-order valence-electron chi connectivity index (χ4n) is 1.26. The molecule has 0 aliphatic heterocycles. The number of carbonyl (C=O) groups is 4. The average Bonchev–Trinajstić information content (AvgIpc) is 2.50. The van der Waals surface area contributed by atoms with Crippen LogP contribution in [0.1, 0.15) is 32.1 Å². The molecule has 0 heterocycles. The van der Waals surface area contributed by atoms with Crippen LogP contribution < -0.4 is 22.1 Å². The quantitative estimate of drug-likeness (QED) is 0.240. The van der Waals surface area contributed by atoms with Crippen molar-refractivity contribution in [1.82, 2.24) is 10.6 Å². The molecule has 0 saturated carbocycles. The van der Waals surface area contributed by atoms with Gasteiger partial charge in [-0.2, -0.15) is 0 Å². The maximum atomic E-state index is 10.7. The molecule has 0 aromatic carbocycles. The topological polar surface area (TPSA) is 185 Å². The van der Waals surface area contributed by atoms with E-state index in [4.69, 9.17) is 21.7 Å². The summed E-state index contributed by atoms with van der Waals surface area (Å²) < 4.78 is 0. The number of rotatable bonds is 11. The molecule has 0 unspecified atom stereocenters. The Morgan fingerprint density at radius 2 is 1.30 bits per heavy atom. The van der Waals surface area contributed by atoms with Crippen LogP contribution in [0.15, 0.2) is 0 Å². The molecule has 0 aliphatic carbocycles. The number of nitrogens with two attached hydrogens (primary N) is 2. The molecule has 134 valence electrons. The fourth-order valence-corrected chi connectivity index (χ4v) is 1.26. The van der Waals surface area contributed by atoms with E-state index < -0.39 is 30.3 Å². The Kier molecular flexibility index (Phi) is 16.2. The third kappa shape index (κ3) is 22.2. The summed E-state index contributed by atoms with van der Waals surface area (Å²) in [6.45, 7) is -0.208. The zero-order chi connectivity index (χ0) is 18.1. The predicted octanol–water partition coefficient (Wildman–Crippen LogP) is -1.76. The molecule has 0 bridgehead atoms. The van der Waals surface area contributed by atoms with E-state index in [2.05, 4.69) is 10.6 Å². The molecule has 0 fully saturated rings. The number of nitrogens with one attached hydrogen (secondary N) is 2. The first-order valence-electron chi connectivity index (χ1n) is 7.20. The molecule has 0 rings (SSSR count). The zero-order valence-corrected chi connectivity index (χ0v) is 13.0. The highest BCUT2D eigenvalue weighted by atomic mass is 16.4. The van der Waals surface area contributed by atoms with Gasteiger partial charge in [0, 0.05) is 6.42 Å². The molecule has 8 N–H and O–H groups in total. The number of amides is 2. The summed E-state index contributed by atoms with van der Waals surface area (Å²) in [5.41, 5.74) is 10.2. The lowest BCUT2D eigenvalue weighted by Gasteiger charge is -2.03. The summed E-state index contributed by atoms with van der Waals surface area (Å²) in [6, 6.07) is 0. The van der Waals surface area contributed by atoms with Gasteiger partial charge >= 0.3 is 11.9 Å². The highest BCUT2D eigenvalue weighted by molar-refractivity contribution is 5.87. The van der Waals surface area contributed by atoms with Gasteiger partial charge in [0.1, 0.15) is 6.54 Å². The molecule has 0 spiro atoms. The Balaban J connectivity index is 0. The fraction of sp³-hybridized carbons (Fsp3) is 0.692. The Bertz CT molecular complexity index is 375. The Morgan fingerprint density at radius 3 is 1.78 bits per heavy atom. The number of aliphatic carboxylic acids is 2. The lowest BCUT2D eigenvalue weighted by Crippen LogP contribution is -2.40. The number of hydrogen-bond donors (Lipinski definition) is 6. The minimum absolute atomic E-state index is 0.202. The van der Waals surface area contributed by atoms with E-state index in [1.165, 1.54) is 0 Å². The van der Waals surface area contributed by atoms with Gasteiger partial charge in [0.2, 0.25) is 11.8 Å². The highest BCUT2D eigenvalue weighted by Crippen LogP contribution is 2.01. The lowest BCUT2D eigenvalue weighted by molar-refractivity contribution is -0.138. The Hall–Kier alpha value is -2.20. The molecular weight excluding hydrogens is 308 g/mol. The van der Waals surface area contributed by atoms with Crippen molar-refractivity contribution in [3.05, 3.63) is 0 Å². The maximum absolute atomic E-state index is 10.7. The lowest BCUT2D eigenvalue weighted by atomic mass is 10.1. The smallest absolute Gasteiger partial charge is 0.322 e.